The molecular formula is C6H17N3. The smallest absolute Gasteiger partial charge is 0.0475 e. The Morgan fingerprint density at radius 1 is 1.22 bits per heavy atom. The first-order valence-electron chi connectivity index (χ1n) is 3.29. The average molecular weight is 131 g/mol. The van der Waals surface area contributed by atoms with Gasteiger partial charge in [-0.25, -0.2) is 0 Å². The summed E-state index contributed by atoms with van der Waals surface area (Å²) in [4.78, 5) is 2.22. The van der Waals surface area contributed by atoms with Gasteiger partial charge in [-0.3, -0.25) is 4.90 Å². The van der Waals surface area contributed by atoms with E-state index in [4.69, 9.17) is 0 Å². The van der Waals surface area contributed by atoms with Gasteiger partial charge in [0.25, 0.3) is 0 Å². The summed E-state index contributed by atoms with van der Waals surface area (Å²) < 4.78 is 0. The van der Waals surface area contributed by atoms with E-state index in [0.29, 0.717) is 0 Å². The first-order valence-corrected chi connectivity index (χ1v) is 3.29. The molecule has 0 aromatic rings. The lowest BCUT2D eigenvalue weighted by Crippen LogP contribution is -2.33. The van der Waals surface area contributed by atoms with Gasteiger partial charge < -0.3 is 10.6 Å². The molecule has 56 valence electrons. The molecule has 0 unspecified atom stereocenters. The van der Waals surface area contributed by atoms with Crippen LogP contribution in [0.25, 0.3) is 0 Å². The van der Waals surface area contributed by atoms with E-state index in [2.05, 4.69) is 22.6 Å². The Morgan fingerprint density at radius 2 is 1.89 bits per heavy atom. The summed E-state index contributed by atoms with van der Waals surface area (Å²) in [5, 5.41) is 6.16. The quantitative estimate of drug-likeness (QED) is 0.484. The maximum atomic E-state index is 3.09. The third-order valence-electron chi connectivity index (χ3n) is 1.17. The lowest BCUT2D eigenvalue weighted by atomic mass is 10.6. The van der Waals surface area contributed by atoms with Crippen LogP contribution in [0, 0.1) is 0 Å². The predicted octanol–water partition coefficient (Wildman–Crippen LogP) is -0.685. The molecule has 2 N–H and O–H groups in total. The lowest BCUT2D eigenvalue weighted by molar-refractivity contribution is 0.319. The molecule has 0 bridgehead atoms. The molecule has 0 spiro atoms. The van der Waals surface area contributed by atoms with Crippen LogP contribution in [0.4, 0.5) is 0 Å². The molecule has 0 amide bonds. The van der Waals surface area contributed by atoms with Crippen molar-refractivity contribution in [3.63, 3.8) is 0 Å². The molecule has 3 nitrogen and oxygen atoms in total. The second-order valence-electron chi connectivity index (χ2n) is 2.19. The molecule has 0 saturated heterocycles. The van der Waals surface area contributed by atoms with Gasteiger partial charge in [-0.1, -0.05) is 0 Å². The third-order valence-corrected chi connectivity index (χ3v) is 1.17. The second-order valence-corrected chi connectivity index (χ2v) is 2.19. The van der Waals surface area contributed by atoms with Crippen LogP contribution < -0.4 is 10.6 Å². The molecule has 0 heterocycles. The van der Waals surface area contributed by atoms with Crippen LogP contribution in [0.15, 0.2) is 0 Å². The fourth-order valence-corrected chi connectivity index (χ4v) is 0.652. The maximum Gasteiger partial charge on any atom is 0.0475 e. The first-order chi connectivity index (χ1) is 4.31. The zero-order chi connectivity index (χ0) is 7.11. The minimum absolute atomic E-state index is 0.960. The monoisotopic (exact) mass is 131 g/mol. The maximum absolute atomic E-state index is 3.09. The molecule has 0 atom stereocenters. The summed E-state index contributed by atoms with van der Waals surface area (Å²) in [6.07, 6.45) is 0. The fourth-order valence-electron chi connectivity index (χ4n) is 0.652. The summed E-state index contributed by atoms with van der Waals surface area (Å²) in [6.45, 7) is 3.11. The molecule has 0 rings (SSSR count). The Labute approximate surface area is 57.4 Å². The highest BCUT2D eigenvalue weighted by Crippen LogP contribution is 1.73. The van der Waals surface area contributed by atoms with Crippen LogP contribution in [-0.2, 0) is 0 Å². The molecule has 3 heteroatoms. The number of hydrogen-bond donors (Lipinski definition) is 2. The van der Waals surface area contributed by atoms with Crippen LogP contribution in [-0.4, -0.2) is 45.8 Å². The summed E-state index contributed by atoms with van der Waals surface area (Å²) in [5.41, 5.74) is 0. The highest BCUT2D eigenvalue weighted by Gasteiger charge is 1.91. The number of nitrogens with one attached hydrogen (secondary N) is 2. The van der Waals surface area contributed by atoms with Crippen LogP contribution >= 0.6 is 0 Å². The zero-order valence-electron chi connectivity index (χ0n) is 6.57. The molecule has 0 radical (unpaired) electrons. The van der Waals surface area contributed by atoms with Crippen molar-refractivity contribution in [1.82, 2.24) is 15.5 Å². The van der Waals surface area contributed by atoms with Crippen molar-refractivity contribution in [3.8, 4) is 0 Å². The van der Waals surface area contributed by atoms with E-state index in [-0.39, 0.29) is 0 Å². The van der Waals surface area contributed by atoms with Gasteiger partial charge in [0.15, 0.2) is 0 Å². The molecule has 9 heavy (non-hydrogen) atoms. The Kier molecular flexibility index (Phi) is 5.93. The summed E-state index contributed by atoms with van der Waals surface area (Å²) in [5.74, 6) is 0. The van der Waals surface area contributed by atoms with Crippen molar-refractivity contribution in [2.24, 2.45) is 0 Å². The van der Waals surface area contributed by atoms with Gasteiger partial charge in [-0.15, -0.1) is 0 Å². The lowest BCUT2D eigenvalue weighted by Gasteiger charge is -2.14. The zero-order valence-corrected chi connectivity index (χ0v) is 6.57. The van der Waals surface area contributed by atoms with Crippen LogP contribution in [0.3, 0.4) is 0 Å². The van der Waals surface area contributed by atoms with Crippen molar-refractivity contribution in [3.05, 3.63) is 0 Å². The molecule has 0 aromatic heterocycles. The van der Waals surface area contributed by atoms with Crippen molar-refractivity contribution < 1.29 is 0 Å². The molecule has 0 aliphatic heterocycles. The molecule has 0 saturated carbocycles. The minimum Gasteiger partial charge on any atom is -0.318 e. The van der Waals surface area contributed by atoms with Gasteiger partial charge in [0.1, 0.15) is 0 Å². The molecule has 0 fully saturated rings. The van der Waals surface area contributed by atoms with Crippen LogP contribution in [0.1, 0.15) is 0 Å². The number of rotatable bonds is 5. The van der Waals surface area contributed by atoms with Gasteiger partial charge in [0.2, 0.25) is 0 Å². The van der Waals surface area contributed by atoms with E-state index in [9.17, 15) is 0 Å². The van der Waals surface area contributed by atoms with Crippen LogP contribution in [0.2, 0.25) is 0 Å². The largest absolute Gasteiger partial charge is 0.318 e. The fraction of sp³-hybridized carbons (Fsp3) is 1.00. The molecule has 0 aromatic carbocycles. The Balaban J connectivity index is 2.95. The van der Waals surface area contributed by atoms with E-state index in [1.165, 1.54) is 0 Å². The summed E-state index contributed by atoms with van der Waals surface area (Å²) >= 11 is 0. The Bertz CT molecular complexity index is 56.3. The molecule has 0 aliphatic carbocycles. The van der Waals surface area contributed by atoms with Crippen molar-refractivity contribution in [2.75, 3.05) is 40.9 Å². The van der Waals surface area contributed by atoms with Crippen LogP contribution in [0.5, 0.6) is 0 Å². The predicted molar refractivity (Wildman–Crippen MR) is 40.5 cm³/mol. The average Bonchev–Trinajstić information content (AvgIpc) is 1.85. The minimum atomic E-state index is 0.960. The summed E-state index contributed by atoms with van der Waals surface area (Å²) in [7, 11) is 6.01. The van der Waals surface area contributed by atoms with E-state index in [0.717, 1.165) is 19.8 Å². The molecule has 0 aliphatic rings. The van der Waals surface area contributed by atoms with E-state index in [1.54, 1.807) is 0 Å². The first kappa shape index (κ1) is 8.88. The highest BCUT2D eigenvalue weighted by atomic mass is 15.2. The van der Waals surface area contributed by atoms with E-state index < -0.39 is 0 Å². The standard InChI is InChI=1S/C6H17N3/c1-7-4-5-9(3)6-8-2/h7-8H,4-6H2,1-3H3. The number of hydrogen-bond acceptors (Lipinski definition) is 3. The molecular weight excluding hydrogens is 114 g/mol. The summed E-state index contributed by atoms with van der Waals surface area (Å²) in [6, 6.07) is 0. The number of nitrogens with zero attached hydrogens (tertiary/aromatic N) is 1. The SMILES string of the molecule is CNCCN(C)CNC. The topological polar surface area (TPSA) is 27.3 Å². The van der Waals surface area contributed by atoms with E-state index >= 15 is 0 Å². The van der Waals surface area contributed by atoms with Gasteiger partial charge >= 0.3 is 0 Å². The normalized spacial score (nSPS) is 10.7. The highest BCUT2D eigenvalue weighted by molar-refractivity contribution is 4.48. The van der Waals surface area contributed by atoms with Gasteiger partial charge in [0, 0.05) is 19.8 Å². The van der Waals surface area contributed by atoms with E-state index in [1.807, 2.05) is 14.1 Å². The van der Waals surface area contributed by atoms with Gasteiger partial charge in [0.05, 0.1) is 0 Å². The van der Waals surface area contributed by atoms with Crippen molar-refractivity contribution >= 4 is 0 Å². The second kappa shape index (κ2) is 6.01. The Hall–Kier alpha value is -0.120. The van der Waals surface area contributed by atoms with Crippen molar-refractivity contribution in [2.45, 2.75) is 0 Å². The third kappa shape index (κ3) is 5.76. The van der Waals surface area contributed by atoms with Crippen molar-refractivity contribution in [1.29, 1.82) is 0 Å². The number of likely N-dealkylation sites (N-methyl/N-ethyl adjacent to an activating group) is 2. The Morgan fingerprint density at radius 3 is 2.33 bits per heavy atom. The van der Waals surface area contributed by atoms with Gasteiger partial charge in [-0.2, -0.15) is 0 Å². The van der Waals surface area contributed by atoms with Gasteiger partial charge in [-0.05, 0) is 21.1 Å².